The van der Waals surface area contributed by atoms with Crippen molar-refractivity contribution in [3.05, 3.63) is 35.4 Å². The van der Waals surface area contributed by atoms with Crippen LogP contribution in [0.4, 0.5) is 0 Å². The summed E-state index contributed by atoms with van der Waals surface area (Å²) < 4.78 is 11.9. The number of piperidine rings is 1. The van der Waals surface area contributed by atoms with E-state index in [2.05, 4.69) is 11.0 Å². The van der Waals surface area contributed by atoms with Crippen molar-refractivity contribution in [1.82, 2.24) is 4.90 Å². The van der Waals surface area contributed by atoms with Crippen LogP contribution in [0.2, 0.25) is 0 Å². The number of fused-ring (bicyclic) bond motifs is 2. The first-order valence-corrected chi connectivity index (χ1v) is 9.42. The highest BCUT2D eigenvalue weighted by molar-refractivity contribution is 5.92. The molecule has 0 radical (unpaired) electrons. The average molecular weight is 381 g/mol. The lowest BCUT2D eigenvalue weighted by atomic mass is 9.62. The number of rotatable bonds is 4. The molecule has 26 heavy (non-hydrogen) atoms. The lowest BCUT2D eigenvalue weighted by Crippen LogP contribution is -2.61. The number of halogens is 1. The van der Waals surface area contributed by atoms with Crippen LogP contribution in [0.25, 0.3) is 0 Å². The lowest BCUT2D eigenvalue weighted by molar-refractivity contribution is -0.174. The van der Waals surface area contributed by atoms with Crippen LogP contribution in [0, 0.1) is 11.8 Å². The number of hydrogen-bond donors (Lipinski definition) is 1. The smallest absolute Gasteiger partial charge is 0.248 e. The topological polar surface area (TPSA) is 64.8 Å². The predicted molar refractivity (Wildman–Crippen MR) is 103 cm³/mol. The molecule has 1 saturated carbocycles. The van der Waals surface area contributed by atoms with E-state index >= 15 is 0 Å². The summed E-state index contributed by atoms with van der Waals surface area (Å²) in [6, 6.07) is 8.33. The summed E-state index contributed by atoms with van der Waals surface area (Å²) in [4.78, 5) is 14.3. The van der Waals surface area contributed by atoms with Crippen molar-refractivity contribution >= 4 is 18.3 Å². The zero-order valence-corrected chi connectivity index (χ0v) is 16.2. The van der Waals surface area contributed by atoms with E-state index in [1.54, 1.807) is 6.07 Å². The van der Waals surface area contributed by atoms with E-state index < -0.39 is 0 Å². The molecule has 6 heteroatoms. The molecular weight excluding hydrogens is 352 g/mol. The van der Waals surface area contributed by atoms with Gasteiger partial charge in [0.15, 0.2) is 0 Å². The number of primary amides is 1. The van der Waals surface area contributed by atoms with E-state index in [0.29, 0.717) is 23.4 Å². The van der Waals surface area contributed by atoms with Crippen molar-refractivity contribution in [3.63, 3.8) is 0 Å². The maximum Gasteiger partial charge on any atom is 0.248 e. The molecule has 1 aliphatic carbocycles. The molecule has 2 saturated heterocycles. The van der Waals surface area contributed by atoms with Gasteiger partial charge in [-0.3, -0.25) is 9.69 Å². The molecule has 4 rings (SSSR count). The molecule has 144 valence electrons. The summed E-state index contributed by atoms with van der Waals surface area (Å²) in [5, 5.41) is 0. The quantitative estimate of drug-likeness (QED) is 0.871. The van der Waals surface area contributed by atoms with Gasteiger partial charge in [0, 0.05) is 50.2 Å². The van der Waals surface area contributed by atoms with Crippen LogP contribution in [0.1, 0.15) is 41.6 Å². The van der Waals surface area contributed by atoms with E-state index in [9.17, 15) is 4.79 Å². The molecular formula is C20H29ClN2O3. The number of amides is 1. The summed E-state index contributed by atoms with van der Waals surface area (Å²) in [6.45, 7) is 3.82. The highest BCUT2D eigenvalue weighted by atomic mass is 35.5. The minimum Gasteiger partial charge on any atom is -0.380 e. The number of carbonyl (C=O) groups is 1. The minimum atomic E-state index is -0.376. The number of carbonyl (C=O) groups excluding carboxylic acids is 1. The van der Waals surface area contributed by atoms with E-state index in [0.717, 1.165) is 51.1 Å². The van der Waals surface area contributed by atoms with Gasteiger partial charge in [-0.25, -0.2) is 0 Å². The fourth-order valence-corrected chi connectivity index (χ4v) is 5.41. The molecule has 2 aliphatic heterocycles. The molecule has 1 aromatic carbocycles. The third-order valence-corrected chi connectivity index (χ3v) is 6.59. The maximum absolute atomic E-state index is 11.7. The van der Waals surface area contributed by atoms with E-state index in [1.807, 2.05) is 19.2 Å². The molecule has 3 atom stereocenters. The Morgan fingerprint density at radius 1 is 1.27 bits per heavy atom. The van der Waals surface area contributed by atoms with Crippen molar-refractivity contribution in [2.24, 2.45) is 17.6 Å². The predicted octanol–water partition coefficient (Wildman–Crippen LogP) is 2.57. The van der Waals surface area contributed by atoms with Gasteiger partial charge in [0.1, 0.15) is 5.60 Å². The summed E-state index contributed by atoms with van der Waals surface area (Å²) in [5.74, 6) is 0.501. The van der Waals surface area contributed by atoms with Crippen LogP contribution < -0.4 is 5.73 Å². The molecule has 1 amide bonds. The number of nitrogens with zero attached hydrogens (tertiary/aromatic N) is 1. The van der Waals surface area contributed by atoms with Crippen LogP contribution in [0.15, 0.2) is 24.3 Å². The first-order chi connectivity index (χ1) is 12.1. The van der Waals surface area contributed by atoms with Crippen molar-refractivity contribution in [1.29, 1.82) is 0 Å². The lowest BCUT2D eigenvalue weighted by Gasteiger charge is -2.56. The fourth-order valence-electron chi connectivity index (χ4n) is 5.41. The first kappa shape index (κ1) is 19.6. The Morgan fingerprint density at radius 2 is 2.00 bits per heavy atom. The van der Waals surface area contributed by atoms with Crippen LogP contribution in [-0.2, 0) is 15.1 Å². The number of benzene rings is 1. The minimum absolute atomic E-state index is 0. The second-order valence-electron chi connectivity index (χ2n) is 7.74. The van der Waals surface area contributed by atoms with Gasteiger partial charge >= 0.3 is 0 Å². The summed E-state index contributed by atoms with van der Waals surface area (Å²) in [7, 11) is 1.83. The summed E-state index contributed by atoms with van der Waals surface area (Å²) >= 11 is 0. The number of likely N-dealkylation sites (tertiary alicyclic amines) is 1. The Kier molecular flexibility index (Phi) is 5.92. The zero-order chi connectivity index (χ0) is 17.4. The van der Waals surface area contributed by atoms with Crippen molar-refractivity contribution < 1.29 is 14.3 Å². The molecule has 2 N–H and O–H groups in total. The summed E-state index contributed by atoms with van der Waals surface area (Å²) in [5.41, 5.74) is 6.89. The Bertz CT molecular complexity index is 634. The van der Waals surface area contributed by atoms with Gasteiger partial charge in [-0.05, 0) is 37.0 Å². The Balaban J connectivity index is 0.00000196. The first-order valence-electron chi connectivity index (χ1n) is 9.42. The zero-order valence-electron chi connectivity index (χ0n) is 15.4. The van der Waals surface area contributed by atoms with E-state index in [4.69, 9.17) is 15.2 Å². The fraction of sp³-hybridized carbons (Fsp3) is 0.650. The number of ether oxygens (including phenoxy) is 2. The van der Waals surface area contributed by atoms with E-state index in [-0.39, 0.29) is 23.9 Å². The van der Waals surface area contributed by atoms with E-state index in [1.165, 1.54) is 6.42 Å². The van der Waals surface area contributed by atoms with Gasteiger partial charge in [0.25, 0.3) is 0 Å². The largest absolute Gasteiger partial charge is 0.380 e. The number of nitrogens with two attached hydrogens (primary N) is 1. The Morgan fingerprint density at radius 3 is 2.58 bits per heavy atom. The maximum atomic E-state index is 11.7. The third-order valence-electron chi connectivity index (χ3n) is 6.59. The molecule has 1 aromatic rings. The van der Waals surface area contributed by atoms with Gasteiger partial charge in [0.05, 0.1) is 6.61 Å². The summed E-state index contributed by atoms with van der Waals surface area (Å²) in [6.07, 6.45) is 4.71. The van der Waals surface area contributed by atoms with Crippen LogP contribution >= 0.6 is 12.4 Å². The van der Waals surface area contributed by atoms with Gasteiger partial charge < -0.3 is 15.2 Å². The molecule has 2 heterocycles. The monoisotopic (exact) mass is 380 g/mol. The normalized spacial score (nSPS) is 34.3. The SMILES string of the molecule is COC1(c2cccc(C(N)=O)c2)C2CCCC1CN(C1CCOC1)C2.Cl. The molecule has 2 bridgehead atoms. The van der Waals surface area contributed by atoms with Gasteiger partial charge in [-0.15, -0.1) is 12.4 Å². The van der Waals surface area contributed by atoms with Gasteiger partial charge in [0.2, 0.25) is 5.91 Å². The molecule has 3 aliphatic rings. The molecule has 3 fully saturated rings. The Labute approximate surface area is 161 Å². The Hall–Kier alpha value is -1.14. The van der Waals surface area contributed by atoms with Crippen molar-refractivity contribution in [3.8, 4) is 0 Å². The molecule has 0 spiro atoms. The van der Waals surface area contributed by atoms with Crippen LogP contribution in [0.5, 0.6) is 0 Å². The standard InChI is InChI=1S/C20H28N2O3.ClH/c1-24-20(15-5-2-4-14(10-15)19(21)23)16-6-3-7-17(20)12-22(11-16)18-8-9-25-13-18;/h2,4-5,10,16-18H,3,6-9,11-13H2,1H3,(H2,21,23);1H. The molecule has 5 nitrogen and oxygen atoms in total. The highest BCUT2D eigenvalue weighted by Crippen LogP contribution is 2.52. The van der Waals surface area contributed by atoms with Gasteiger partial charge in [-0.1, -0.05) is 18.6 Å². The van der Waals surface area contributed by atoms with Crippen LogP contribution in [0.3, 0.4) is 0 Å². The average Bonchev–Trinajstić information content (AvgIpc) is 3.15. The third kappa shape index (κ3) is 3.15. The number of methoxy groups -OCH3 is 1. The van der Waals surface area contributed by atoms with Crippen molar-refractivity contribution in [2.75, 3.05) is 33.4 Å². The number of hydrogen-bond acceptors (Lipinski definition) is 4. The highest BCUT2D eigenvalue weighted by Gasteiger charge is 2.54. The van der Waals surface area contributed by atoms with Gasteiger partial charge in [-0.2, -0.15) is 0 Å². The second-order valence-corrected chi connectivity index (χ2v) is 7.74. The molecule has 0 aromatic heterocycles. The van der Waals surface area contributed by atoms with Crippen LogP contribution in [-0.4, -0.2) is 50.3 Å². The van der Waals surface area contributed by atoms with Crippen molar-refractivity contribution in [2.45, 2.75) is 37.3 Å². The second kappa shape index (κ2) is 7.85. The molecule has 3 unspecified atom stereocenters.